The zero-order chi connectivity index (χ0) is 31.6. The van der Waals surface area contributed by atoms with E-state index in [4.69, 9.17) is 50.2 Å². The molecule has 0 radical (unpaired) electrons. The molecule has 0 aromatic heterocycles. The van der Waals surface area contributed by atoms with Gasteiger partial charge >= 0.3 is 0 Å². The summed E-state index contributed by atoms with van der Waals surface area (Å²) in [5.74, 6) is 3.38. The van der Waals surface area contributed by atoms with Crippen LogP contribution in [0.2, 0.25) is 0 Å². The minimum Gasteiger partial charge on any atom is -0.394 e. The van der Waals surface area contributed by atoms with E-state index in [-0.39, 0.29) is 57.3 Å². The summed E-state index contributed by atoms with van der Waals surface area (Å²) in [6.45, 7) is 8.21. The third-order valence-corrected chi connectivity index (χ3v) is 6.52. The van der Waals surface area contributed by atoms with Gasteiger partial charge in [-0.3, -0.25) is 0 Å². The molecule has 10 nitrogen and oxygen atoms in total. The molecule has 6 atom stereocenters. The van der Waals surface area contributed by atoms with Crippen molar-refractivity contribution in [3.05, 3.63) is 0 Å². The molecule has 0 saturated heterocycles. The molecule has 0 heterocycles. The molecule has 0 aliphatic heterocycles. The van der Waals surface area contributed by atoms with Crippen LogP contribution in [0.1, 0.15) is 55.2 Å². The van der Waals surface area contributed by atoms with Gasteiger partial charge in [0, 0.05) is 71.4 Å². The highest BCUT2D eigenvalue weighted by molar-refractivity contribution is 15.0. The lowest BCUT2D eigenvalue weighted by Crippen LogP contribution is -2.28. The van der Waals surface area contributed by atoms with Gasteiger partial charge in [-0.05, 0) is 30.8 Å². The molecule has 0 aliphatic rings. The standard InChI is InChI=1S/2C9H20O3S.C7H16O4.I2/c2*1-4-8(6-10)12-9(11-3)7-13-5-2;1-3-6(4-8)11-7(5-9)10-2;1-2/h2*8-10H,4-7H2,1-3H3;6-9H,3-5H2,1-2H3;/i2T;;;. The molecule has 0 saturated carbocycles. The van der Waals surface area contributed by atoms with E-state index >= 15 is 0 Å². The number of aliphatic hydroxyl groups is 4. The number of thioether (sulfide) groups is 2. The molecule has 0 amide bonds. The normalized spacial score (nSPS) is 15.6. The molecule has 0 bridgehead atoms. The van der Waals surface area contributed by atoms with Crippen LogP contribution in [0.3, 0.4) is 0 Å². The summed E-state index contributed by atoms with van der Waals surface area (Å²) in [6, 6.07) is 0. The maximum atomic E-state index is 8.92. The van der Waals surface area contributed by atoms with Crippen LogP contribution in [-0.4, -0.2) is 128 Å². The van der Waals surface area contributed by atoms with E-state index < -0.39 is 6.29 Å². The molecule has 0 rings (SSSR count). The Kier molecular flexibility index (Phi) is 46.1. The Morgan fingerprint density at radius 3 is 1.15 bits per heavy atom. The summed E-state index contributed by atoms with van der Waals surface area (Å²) in [5.41, 5.74) is 0. The van der Waals surface area contributed by atoms with Crippen molar-refractivity contribution in [3.63, 3.8) is 0 Å². The van der Waals surface area contributed by atoms with Crippen LogP contribution in [0.15, 0.2) is 0 Å². The van der Waals surface area contributed by atoms with Crippen molar-refractivity contribution in [2.75, 3.05) is 70.8 Å². The Balaban J connectivity index is -0.000000237. The van der Waals surface area contributed by atoms with Crippen molar-refractivity contribution in [1.29, 1.82) is 0 Å². The fourth-order valence-electron chi connectivity index (χ4n) is 2.34. The average Bonchev–Trinajstić information content (AvgIpc) is 3.01. The van der Waals surface area contributed by atoms with Gasteiger partial charge < -0.3 is 48.8 Å². The van der Waals surface area contributed by atoms with E-state index in [1.165, 1.54) is 7.11 Å². The highest BCUT2D eigenvalue weighted by Gasteiger charge is 2.15. The Morgan fingerprint density at radius 1 is 0.590 bits per heavy atom. The van der Waals surface area contributed by atoms with Crippen LogP contribution < -0.4 is 0 Å². The molecule has 0 aliphatic carbocycles. The third-order valence-electron chi connectivity index (χ3n) is 4.80. The van der Waals surface area contributed by atoms with E-state index in [2.05, 4.69) is 44.2 Å². The lowest BCUT2D eigenvalue weighted by atomic mass is 10.3. The number of hydrogen-bond acceptors (Lipinski definition) is 12. The third kappa shape index (κ3) is 32.5. The first kappa shape index (κ1) is 45.2. The van der Waals surface area contributed by atoms with Gasteiger partial charge in [0.15, 0.2) is 18.9 Å². The molecule has 0 spiro atoms. The molecule has 242 valence electrons. The van der Waals surface area contributed by atoms with Crippen molar-refractivity contribution < 1.29 is 50.2 Å². The second-order valence-electron chi connectivity index (χ2n) is 7.46. The second-order valence-corrected chi connectivity index (χ2v) is 9.93. The van der Waals surface area contributed by atoms with Gasteiger partial charge in [0.05, 0.1) is 44.7 Å². The Labute approximate surface area is 271 Å². The SMILES string of the molecule is CCC(CO)OC(CO)OC.CCSCC(OC)OC(CC)CO.II.[3H]CCSCC(OC)OC(CC)CO. The van der Waals surface area contributed by atoms with Crippen LogP contribution >= 0.6 is 60.8 Å². The van der Waals surface area contributed by atoms with Crippen molar-refractivity contribution >= 4 is 60.8 Å². The highest BCUT2D eigenvalue weighted by Crippen LogP contribution is 2.11. The molecule has 0 aromatic rings. The van der Waals surface area contributed by atoms with Gasteiger partial charge in [0.25, 0.3) is 0 Å². The number of ether oxygens (including phenoxy) is 6. The van der Waals surface area contributed by atoms with Gasteiger partial charge in [-0.25, -0.2) is 0 Å². The van der Waals surface area contributed by atoms with Gasteiger partial charge in [-0.15, -0.1) is 0 Å². The Bertz CT molecular complexity index is 432. The number of rotatable bonds is 22. The summed E-state index contributed by atoms with van der Waals surface area (Å²) in [7, 11) is 4.67. The number of methoxy groups -OCH3 is 3. The first-order valence-corrected chi connectivity index (χ1v) is 21.5. The van der Waals surface area contributed by atoms with Crippen molar-refractivity contribution in [2.24, 2.45) is 0 Å². The Morgan fingerprint density at radius 2 is 0.923 bits per heavy atom. The zero-order valence-electron chi connectivity index (χ0n) is 25.8. The van der Waals surface area contributed by atoms with E-state index in [1.54, 1.807) is 37.7 Å². The predicted molar refractivity (Wildman–Crippen MR) is 180 cm³/mol. The largest absolute Gasteiger partial charge is 0.394 e. The number of aliphatic hydroxyl groups excluding tert-OH is 4. The van der Waals surface area contributed by atoms with Crippen LogP contribution in [-0.2, 0) is 28.4 Å². The molecular formula is C25H56I2O10S2. The number of halogens is 2. The van der Waals surface area contributed by atoms with Crippen molar-refractivity contribution in [2.45, 2.75) is 91.0 Å². The first-order chi connectivity index (χ1) is 19.3. The lowest BCUT2D eigenvalue weighted by Gasteiger charge is -2.21. The van der Waals surface area contributed by atoms with Gasteiger partial charge in [-0.1, -0.05) is 34.6 Å². The van der Waals surface area contributed by atoms with Crippen LogP contribution in [0.5, 0.6) is 0 Å². The lowest BCUT2D eigenvalue weighted by molar-refractivity contribution is -0.181. The van der Waals surface area contributed by atoms with E-state index in [0.717, 1.165) is 30.1 Å². The summed E-state index contributed by atoms with van der Waals surface area (Å²) in [5, 5.41) is 35.2. The van der Waals surface area contributed by atoms with Gasteiger partial charge in [0.1, 0.15) is 0 Å². The maximum absolute atomic E-state index is 8.92. The fourth-order valence-corrected chi connectivity index (χ4v) is 3.56. The topological polar surface area (TPSA) is 136 Å². The molecule has 0 fully saturated rings. The molecule has 14 heteroatoms. The molecule has 39 heavy (non-hydrogen) atoms. The molecule has 0 aromatic carbocycles. The number of hydrogen-bond donors (Lipinski definition) is 4. The van der Waals surface area contributed by atoms with Gasteiger partial charge in [0.2, 0.25) is 0 Å². The molecular weight excluding hydrogens is 778 g/mol. The highest BCUT2D eigenvalue weighted by atomic mass is 128. The van der Waals surface area contributed by atoms with Crippen molar-refractivity contribution in [1.82, 2.24) is 0 Å². The van der Waals surface area contributed by atoms with E-state index in [9.17, 15) is 0 Å². The molecule has 4 N–H and O–H groups in total. The summed E-state index contributed by atoms with van der Waals surface area (Å²) >= 11 is 7.64. The van der Waals surface area contributed by atoms with E-state index in [1.807, 2.05) is 20.8 Å². The Hall–Kier alpha value is 1.76. The van der Waals surface area contributed by atoms with Crippen LogP contribution in [0.25, 0.3) is 0 Å². The minimum atomic E-state index is -0.618. The van der Waals surface area contributed by atoms with Crippen LogP contribution in [0.4, 0.5) is 0 Å². The zero-order valence-corrected chi connectivity index (χ0v) is 30.7. The average molecular weight is 837 g/mol. The summed E-state index contributed by atoms with van der Waals surface area (Å²) < 4.78 is 38.1. The summed E-state index contributed by atoms with van der Waals surface area (Å²) in [6.07, 6.45) is 0.729. The first-order valence-electron chi connectivity index (χ1n) is 13.6. The molecule has 6 unspecified atom stereocenters. The maximum Gasteiger partial charge on any atom is 0.180 e. The van der Waals surface area contributed by atoms with Crippen molar-refractivity contribution in [3.8, 4) is 0 Å². The summed E-state index contributed by atoms with van der Waals surface area (Å²) in [4.78, 5) is 0. The predicted octanol–water partition coefficient (Wildman–Crippen LogP) is 4.51. The smallest absolute Gasteiger partial charge is 0.180 e. The van der Waals surface area contributed by atoms with E-state index in [0.29, 0.717) is 19.1 Å². The minimum absolute atomic E-state index is 0.0273. The van der Waals surface area contributed by atoms with Crippen LogP contribution in [0, 0.1) is 0 Å². The quantitative estimate of drug-likeness (QED) is 0.0695. The monoisotopic (exact) mass is 836 g/mol. The fraction of sp³-hybridized carbons (Fsp3) is 1.00. The van der Waals surface area contributed by atoms with Gasteiger partial charge in [-0.2, -0.15) is 23.5 Å². The second kappa shape index (κ2) is 39.8.